The van der Waals surface area contributed by atoms with Crippen LogP contribution in [0.15, 0.2) is 54.6 Å². The minimum atomic E-state index is 0. The molecule has 2 aliphatic heterocycles. The molecule has 1 atom stereocenters. The summed E-state index contributed by atoms with van der Waals surface area (Å²) in [5.74, 6) is 1.80. The minimum absolute atomic E-state index is 0. The molecule has 4 rings (SSSR count). The maximum Gasteiger partial charge on any atom is 0.127 e. The molecule has 5 heteroatoms. The van der Waals surface area contributed by atoms with Gasteiger partial charge in [0.2, 0.25) is 0 Å². The summed E-state index contributed by atoms with van der Waals surface area (Å²) in [7, 11) is 0. The highest BCUT2D eigenvalue weighted by Crippen LogP contribution is 2.23. The van der Waals surface area contributed by atoms with Gasteiger partial charge in [0.05, 0.1) is 0 Å². The van der Waals surface area contributed by atoms with Gasteiger partial charge in [0.25, 0.3) is 0 Å². The van der Waals surface area contributed by atoms with Crippen LogP contribution < -0.4 is 10.1 Å². The van der Waals surface area contributed by atoms with E-state index in [1.807, 2.05) is 36.4 Å². The molecule has 0 amide bonds. The fourth-order valence-electron chi connectivity index (χ4n) is 3.83. The van der Waals surface area contributed by atoms with Gasteiger partial charge in [-0.1, -0.05) is 30.3 Å². The number of hydrogen-bond donors (Lipinski definition) is 1. The summed E-state index contributed by atoms with van der Waals surface area (Å²) in [5.41, 5.74) is 1.32. The molecule has 0 saturated carbocycles. The molecule has 4 nitrogen and oxygen atoms in total. The second kappa shape index (κ2) is 9.38. The van der Waals surface area contributed by atoms with E-state index >= 15 is 0 Å². The van der Waals surface area contributed by atoms with Gasteiger partial charge in [-0.2, -0.15) is 0 Å². The van der Waals surface area contributed by atoms with Crippen LogP contribution in [0.2, 0.25) is 0 Å². The van der Waals surface area contributed by atoms with Gasteiger partial charge in [-0.3, -0.25) is 9.80 Å². The molecule has 1 N–H and O–H groups in total. The maximum atomic E-state index is 5.96. The van der Waals surface area contributed by atoms with Gasteiger partial charge in [-0.05, 0) is 42.8 Å². The van der Waals surface area contributed by atoms with E-state index in [0.29, 0.717) is 0 Å². The smallest absolute Gasteiger partial charge is 0.127 e. The molecular weight excluding hydrogens is 346 g/mol. The van der Waals surface area contributed by atoms with Crippen LogP contribution in [0.25, 0.3) is 0 Å². The first-order valence-electron chi connectivity index (χ1n) is 9.36. The number of rotatable bonds is 5. The Morgan fingerprint density at radius 3 is 2.42 bits per heavy atom. The Kier molecular flexibility index (Phi) is 6.92. The van der Waals surface area contributed by atoms with Crippen molar-refractivity contribution in [1.29, 1.82) is 0 Å². The van der Waals surface area contributed by atoms with E-state index in [4.69, 9.17) is 4.74 Å². The average Bonchev–Trinajstić information content (AvgIpc) is 3.18. The summed E-state index contributed by atoms with van der Waals surface area (Å²) in [6.07, 6.45) is 1.30. The fraction of sp³-hybridized carbons (Fsp3) is 0.429. The Bertz CT molecular complexity index is 668. The van der Waals surface area contributed by atoms with Crippen molar-refractivity contribution in [2.45, 2.75) is 19.0 Å². The molecule has 0 spiro atoms. The van der Waals surface area contributed by atoms with E-state index in [2.05, 4.69) is 33.3 Å². The molecule has 2 fully saturated rings. The van der Waals surface area contributed by atoms with Gasteiger partial charge >= 0.3 is 0 Å². The van der Waals surface area contributed by atoms with E-state index < -0.39 is 0 Å². The lowest BCUT2D eigenvalue weighted by molar-refractivity contribution is 0.0981. The van der Waals surface area contributed by atoms with Gasteiger partial charge < -0.3 is 10.1 Å². The van der Waals surface area contributed by atoms with Crippen LogP contribution in [0.3, 0.4) is 0 Å². The minimum Gasteiger partial charge on any atom is -0.457 e. The van der Waals surface area contributed by atoms with Crippen molar-refractivity contribution in [1.82, 2.24) is 15.1 Å². The zero-order valence-corrected chi connectivity index (χ0v) is 16.0. The molecule has 2 aromatic rings. The average molecular weight is 374 g/mol. The van der Waals surface area contributed by atoms with Crippen LogP contribution in [0.5, 0.6) is 11.5 Å². The van der Waals surface area contributed by atoms with Crippen LogP contribution in [0.4, 0.5) is 0 Å². The lowest BCUT2D eigenvalue weighted by Crippen LogP contribution is -2.50. The number of nitrogens with zero attached hydrogens (tertiary/aromatic N) is 2. The zero-order chi connectivity index (χ0) is 16.9. The zero-order valence-electron chi connectivity index (χ0n) is 15.1. The van der Waals surface area contributed by atoms with Crippen molar-refractivity contribution < 1.29 is 4.74 Å². The van der Waals surface area contributed by atoms with Crippen molar-refractivity contribution in [2.24, 2.45) is 0 Å². The Hall–Kier alpha value is -1.59. The number of halogens is 1. The summed E-state index contributed by atoms with van der Waals surface area (Å²) < 4.78 is 5.96. The van der Waals surface area contributed by atoms with E-state index in [1.165, 1.54) is 38.2 Å². The van der Waals surface area contributed by atoms with Gasteiger partial charge in [-0.25, -0.2) is 0 Å². The highest BCUT2D eigenvalue weighted by Gasteiger charge is 2.25. The number of para-hydroxylation sites is 1. The summed E-state index contributed by atoms with van der Waals surface area (Å²) in [6, 6.07) is 19.2. The molecule has 0 bridgehead atoms. The number of piperazine rings is 1. The summed E-state index contributed by atoms with van der Waals surface area (Å²) in [4.78, 5) is 5.21. The number of nitrogens with one attached hydrogen (secondary N) is 1. The van der Waals surface area contributed by atoms with E-state index in [-0.39, 0.29) is 12.4 Å². The van der Waals surface area contributed by atoms with Crippen LogP contribution in [0, 0.1) is 0 Å². The highest BCUT2D eigenvalue weighted by molar-refractivity contribution is 5.85. The van der Waals surface area contributed by atoms with Crippen molar-refractivity contribution in [3.8, 4) is 11.5 Å². The lowest BCUT2D eigenvalue weighted by Gasteiger charge is -2.37. The Balaban J connectivity index is 0.00000196. The first kappa shape index (κ1) is 19.2. The third kappa shape index (κ3) is 4.98. The molecule has 0 aliphatic carbocycles. The van der Waals surface area contributed by atoms with E-state index in [0.717, 1.165) is 37.2 Å². The van der Waals surface area contributed by atoms with E-state index in [1.54, 1.807) is 0 Å². The van der Waals surface area contributed by atoms with Crippen molar-refractivity contribution >= 4 is 12.4 Å². The largest absolute Gasteiger partial charge is 0.457 e. The molecule has 2 aliphatic rings. The number of ether oxygens (including phenoxy) is 1. The lowest BCUT2D eigenvalue weighted by atomic mass is 10.1. The Morgan fingerprint density at radius 1 is 0.923 bits per heavy atom. The molecule has 1 unspecified atom stereocenters. The number of benzene rings is 2. The molecule has 26 heavy (non-hydrogen) atoms. The Morgan fingerprint density at radius 2 is 1.69 bits per heavy atom. The molecule has 2 aromatic carbocycles. The third-order valence-corrected chi connectivity index (χ3v) is 5.24. The molecule has 2 saturated heterocycles. The van der Waals surface area contributed by atoms with Crippen LogP contribution in [0.1, 0.15) is 12.0 Å². The van der Waals surface area contributed by atoms with E-state index in [9.17, 15) is 0 Å². The third-order valence-electron chi connectivity index (χ3n) is 5.24. The predicted octanol–water partition coefficient (Wildman–Crippen LogP) is 3.38. The maximum absolute atomic E-state index is 5.96. The van der Waals surface area contributed by atoms with Crippen molar-refractivity contribution in [3.05, 3.63) is 60.2 Å². The molecule has 0 aromatic heterocycles. The van der Waals surface area contributed by atoms with Crippen LogP contribution in [-0.4, -0.2) is 55.1 Å². The summed E-state index contributed by atoms with van der Waals surface area (Å²) >= 11 is 0. The normalized spacial score (nSPS) is 21.3. The predicted molar refractivity (Wildman–Crippen MR) is 108 cm³/mol. The van der Waals surface area contributed by atoms with Crippen LogP contribution >= 0.6 is 12.4 Å². The van der Waals surface area contributed by atoms with Gasteiger partial charge in [0.15, 0.2) is 0 Å². The van der Waals surface area contributed by atoms with Gasteiger partial charge in [-0.15, -0.1) is 12.4 Å². The highest BCUT2D eigenvalue weighted by atomic mass is 35.5. The second-order valence-electron chi connectivity index (χ2n) is 7.02. The summed E-state index contributed by atoms with van der Waals surface area (Å²) in [6.45, 7) is 8.03. The van der Waals surface area contributed by atoms with Gasteiger partial charge in [0.1, 0.15) is 11.5 Å². The standard InChI is InChI=1S/C21H27N3O.ClH/c1-2-6-20(7-3-1)25-21-8-4-5-18(15-21)17-23-11-13-24(14-12-23)19-9-10-22-16-19;/h1-8,15,19,22H,9-14,16-17H2;1H. The molecular formula is C21H28ClN3O. The monoisotopic (exact) mass is 373 g/mol. The fourth-order valence-corrected chi connectivity index (χ4v) is 3.83. The first-order chi connectivity index (χ1) is 12.4. The SMILES string of the molecule is Cl.c1ccc(Oc2cccc(CN3CCN(C4CCNC4)CC3)c2)cc1. The second-order valence-corrected chi connectivity index (χ2v) is 7.02. The van der Waals surface area contributed by atoms with Crippen molar-refractivity contribution in [3.63, 3.8) is 0 Å². The first-order valence-corrected chi connectivity index (χ1v) is 9.36. The topological polar surface area (TPSA) is 27.7 Å². The van der Waals surface area contributed by atoms with Crippen LogP contribution in [-0.2, 0) is 6.54 Å². The molecule has 0 radical (unpaired) electrons. The summed E-state index contributed by atoms with van der Waals surface area (Å²) in [5, 5.41) is 3.48. The van der Waals surface area contributed by atoms with Crippen molar-refractivity contribution in [2.75, 3.05) is 39.3 Å². The quantitative estimate of drug-likeness (QED) is 0.869. The Labute approximate surface area is 162 Å². The molecule has 140 valence electrons. The molecule has 2 heterocycles. The number of hydrogen-bond acceptors (Lipinski definition) is 4. The van der Waals surface area contributed by atoms with Gasteiger partial charge in [0, 0.05) is 45.3 Å².